The van der Waals surface area contributed by atoms with E-state index in [2.05, 4.69) is 50.2 Å². The fraction of sp³-hybridized carbons (Fsp3) is 0.438. The summed E-state index contributed by atoms with van der Waals surface area (Å²) in [5.74, 6) is 1.98. The van der Waals surface area contributed by atoms with E-state index in [1.165, 1.54) is 19.3 Å². The zero-order valence-electron chi connectivity index (χ0n) is 12.2. The summed E-state index contributed by atoms with van der Waals surface area (Å²) in [5.41, 5.74) is 1.01. The minimum absolute atomic E-state index is 0.110. The summed E-state index contributed by atoms with van der Waals surface area (Å²) in [5, 5.41) is 3.41. The monoisotopic (exact) mass is 349 g/mol. The Balaban J connectivity index is 1.63. The van der Waals surface area contributed by atoms with Crippen LogP contribution in [0.25, 0.3) is 0 Å². The van der Waals surface area contributed by atoms with Crippen molar-refractivity contribution in [2.45, 2.75) is 32.2 Å². The summed E-state index contributed by atoms with van der Waals surface area (Å²) in [6, 6.07) is 8.17. The number of piperidine rings is 1. The summed E-state index contributed by atoms with van der Waals surface area (Å²) < 4.78 is 6.32. The van der Waals surface area contributed by atoms with Crippen molar-refractivity contribution < 1.29 is 4.42 Å². The van der Waals surface area contributed by atoms with Crippen molar-refractivity contribution in [1.29, 1.82) is 0 Å². The summed E-state index contributed by atoms with van der Waals surface area (Å²) in [4.78, 5) is 6.94. The van der Waals surface area contributed by atoms with Crippen molar-refractivity contribution in [3.8, 4) is 0 Å². The van der Waals surface area contributed by atoms with E-state index < -0.39 is 0 Å². The van der Waals surface area contributed by atoms with Crippen LogP contribution in [0.3, 0.4) is 0 Å². The molecule has 1 aliphatic rings. The maximum Gasteiger partial charge on any atom is 0.169 e. The molecule has 1 N–H and O–H groups in total. The molecule has 2 aromatic heterocycles. The zero-order chi connectivity index (χ0) is 14.7. The van der Waals surface area contributed by atoms with Gasteiger partial charge in [0.1, 0.15) is 11.6 Å². The van der Waals surface area contributed by atoms with Crippen LogP contribution >= 0.6 is 15.9 Å². The largest absolute Gasteiger partial charge is 0.452 e. The van der Waals surface area contributed by atoms with E-state index in [0.717, 1.165) is 35.0 Å². The van der Waals surface area contributed by atoms with Gasteiger partial charge in [0.05, 0.1) is 17.9 Å². The first kappa shape index (κ1) is 14.4. The molecule has 1 saturated heterocycles. The molecule has 0 spiro atoms. The number of nitrogens with one attached hydrogen (secondary N) is 1. The predicted octanol–water partition coefficient (Wildman–Crippen LogP) is 4.60. The number of anilines is 2. The number of furan rings is 1. The van der Waals surface area contributed by atoms with Gasteiger partial charge in [0.15, 0.2) is 4.67 Å². The second-order valence-electron chi connectivity index (χ2n) is 5.46. The molecule has 0 bridgehead atoms. The lowest BCUT2D eigenvalue weighted by Gasteiger charge is -2.27. The highest BCUT2D eigenvalue weighted by Crippen LogP contribution is 2.24. The lowest BCUT2D eigenvalue weighted by molar-refractivity contribution is 0.471. The van der Waals surface area contributed by atoms with Crippen molar-refractivity contribution in [1.82, 2.24) is 4.98 Å². The lowest BCUT2D eigenvalue weighted by Crippen LogP contribution is -2.30. The van der Waals surface area contributed by atoms with E-state index in [9.17, 15) is 0 Å². The summed E-state index contributed by atoms with van der Waals surface area (Å²) in [7, 11) is 0. The molecule has 0 saturated carbocycles. The first-order chi connectivity index (χ1) is 10.2. The second kappa shape index (κ2) is 6.52. The molecule has 112 valence electrons. The third-order valence-corrected chi connectivity index (χ3v) is 4.26. The molecule has 0 radical (unpaired) electrons. The third kappa shape index (κ3) is 3.59. The Hall–Kier alpha value is -1.49. The van der Waals surface area contributed by atoms with E-state index in [0.29, 0.717) is 0 Å². The molecular formula is C16H20BrN3O. The quantitative estimate of drug-likeness (QED) is 0.875. The Morgan fingerprint density at radius 3 is 2.62 bits per heavy atom. The van der Waals surface area contributed by atoms with Gasteiger partial charge in [-0.3, -0.25) is 0 Å². The highest BCUT2D eigenvalue weighted by molar-refractivity contribution is 9.10. The molecule has 1 atom stereocenters. The van der Waals surface area contributed by atoms with E-state index in [1.54, 1.807) is 0 Å². The van der Waals surface area contributed by atoms with Crippen molar-refractivity contribution >= 4 is 27.4 Å². The number of nitrogens with zero attached hydrogens (tertiary/aromatic N) is 2. The van der Waals surface area contributed by atoms with Crippen LogP contribution in [0, 0.1) is 0 Å². The Bertz CT molecular complexity index is 575. The Labute approximate surface area is 133 Å². The van der Waals surface area contributed by atoms with Crippen molar-refractivity contribution in [3.63, 3.8) is 0 Å². The second-order valence-corrected chi connectivity index (χ2v) is 6.24. The van der Waals surface area contributed by atoms with Crippen LogP contribution in [0.15, 0.2) is 39.5 Å². The number of halogens is 1. The maximum atomic E-state index is 5.56. The molecule has 1 unspecified atom stereocenters. The molecule has 2 aromatic rings. The number of hydrogen-bond donors (Lipinski definition) is 1. The Kier molecular flexibility index (Phi) is 4.48. The van der Waals surface area contributed by atoms with Gasteiger partial charge < -0.3 is 14.6 Å². The van der Waals surface area contributed by atoms with Crippen LogP contribution in [0.2, 0.25) is 0 Å². The van der Waals surface area contributed by atoms with Gasteiger partial charge in [0.2, 0.25) is 0 Å². The molecule has 1 fully saturated rings. The summed E-state index contributed by atoms with van der Waals surface area (Å²) in [6.07, 6.45) is 5.78. The van der Waals surface area contributed by atoms with Gasteiger partial charge in [-0.25, -0.2) is 4.98 Å². The standard InChI is InChI=1S/C16H20BrN3O/c1-12(14-6-7-15(17)21-14)19-13-5-8-16(18-11-13)20-9-3-2-4-10-20/h5-8,11-12,19H,2-4,9-10H2,1H3. The van der Waals surface area contributed by atoms with Crippen molar-refractivity contribution in [3.05, 3.63) is 40.9 Å². The molecule has 3 heterocycles. The third-order valence-electron chi connectivity index (χ3n) is 3.83. The van der Waals surface area contributed by atoms with E-state index >= 15 is 0 Å². The van der Waals surface area contributed by atoms with Gasteiger partial charge in [0.25, 0.3) is 0 Å². The van der Waals surface area contributed by atoms with Crippen molar-refractivity contribution in [2.24, 2.45) is 0 Å². The molecule has 5 heteroatoms. The van der Waals surface area contributed by atoms with Crippen LogP contribution in [0.4, 0.5) is 11.5 Å². The first-order valence-electron chi connectivity index (χ1n) is 7.45. The Morgan fingerprint density at radius 1 is 1.19 bits per heavy atom. The maximum absolute atomic E-state index is 5.56. The molecule has 3 rings (SSSR count). The first-order valence-corrected chi connectivity index (χ1v) is 8.24. The SMILES string of the molecule is CC(Nc1ccc(N2CCCCC2)nc1)c1ccc(Br)o1. The van der Waals surface area contributed by atoms with Gasteiger partial charge in [-0.2, -0.15) is 0 Å². The van der Waals surface area contributed by atoms with Crippen molar-refractivity contribution in [2.75, 3.05) is 23.3 Å². The fourth-order valence-corrected chi connectivity index (χ4v) is 2.98. The molecule has 4 nitrogen and oxygen atoms in total. The molecular weight excluding hydrogens is 330 g/mol. The minimum Gasteiger partial charge on any atom is -0.452 e. The average molecular weight is 350 g/mol. The topological polar surface area (TPSA) is 41.3 Å². The fourth-order valence-electron chi connectivity index (χ4n) is 2.66. The Morgan fingerprint density at radius 2 is 2.00 bits per heavy atom. The van der Waals surface area contributed by atoms with Gasteiger partial charge in [-0.15, -0.1) is 0 Å². The van der Waals surface area contributed by atoms with Crippen LogP contribution < -0.4 is 10.2 Å². The normalized spacial score (nSPS) is 16.8. The van der Waals surface area contributed by atoms with Crippen LogP contribution in [0.1, 0.15) is 38.0 Å². The van der Waals surface area contributed by atoms with Crippen LogP contribution in [-0.4, -0.2) is 18.1 Å². The smallest absolute Gasteiger partial charge is 0.169 e. The molecule has 0 aliphatic carbocycles. The highest BCUT2D eigenvalue weighted by Gasteiger charge is 2.13. The van der Waals surface area contributed by atoms with E-state index in [1.807, 2.05) is 18.3 Å². The molecule has 1 aliphatic heterocycles. The number of rotatable bonds is 4. The van der Waals surface area contributed by atoms with Gasteiger partial charge in [-0.1, -0.05) is 0 Å². The predicted molar refractivity (Wildman–Crippen MR) is 88.7 cm³/mol. The molecule has 0 aromatic carbocycles. The number of hydrogen-bond acceptors (Lipinski definition) is 4. The zero-order valence-corrected chi connectivity index (χ0v) is 13.8. The van der Waals surface area contributed by atoms with Crippen LogP contribution in [0.5, 0.6) is 0 Å². The van der Waals surface area contributed by atoms with Gasteiger partial charge >= 0.3 is 0 Å². The van der Waals surface area contributed by atoms with Gasteiger partial charge in [-0.05, 0) is 66.4 Å². The minimum atomic E-state index is 0.110. The molecule has 0 amide bonds. The average Bonchev–Trinajstić information content (AvgIpc) is 2.96. The summed E-state index contributed by atoms with van der Waals surface area (Å²) >= 11 is 3.33. The van der Waals surface area contributed by atoms with Crippen LogP contribution in [-0.2, 0) is 0 Å². The van der Waals surface area contributed by atoms with E-state index in [-0.39, 0.29) is 6.04 Å². The lowest BCUT2D eigenvalue weighted by atomic mass is 10.1. The highest BCUT2D eigenvalue weighted by atomic mass is 79.9. The van der Waals surface area contributed by atoms with Gasteiger partial charge in [0, 0.05) is 13.1 Å². The van der Waals surface area contributed by atoms with E-state index in [4.69, 9.17) is 4.42 Å². The number of pyridine rings is 1. The summed E-state index contributed by atoms with van der Waals surface area (Å²) in [6.45, 7) is 4.32. The molecule has 21 heavy (non-hydrogen) atoms. The number of aromatic nitrogens is 1.